The van der Waals surface area contributed by atoms with Crippen LogP contribution in [-0.2, 0) is 4.79 Å². The maximum absolute atomic E-state index is 11.1. The van der Waals surface area contributed by atoms with Gasteiger partial charge in [-0.05, 0) is 38.5 Å². The van der Waals surface area contributed by atoms with Gasteiger partial charge in [-0.1, -0.05) is 12.8 Å². The van der Waals surface area contributed by atoms with Crippen LogP contribution in [0.15, 0.2) is 0 Å². The van der Waals surface area contributed by atoms with Crippen LogP contribution in [-0.4, -0.2) is 40.3 Å². The molecule has 17 heavy (non-hydrogen) atoms. The summed E-state index contributed by atoms with van der Waals surface area (Å²) >= 11 is 0. The normalized spacial score (nSPS) is 14.4. The zero-order valence-electron chi connectivity index (χ0n) is 10.1. The van der Waals surface area contributed by atoms with E-state index in [1.54, 1.807) is 0 Å². The summed E-state index contributed by atoms with van der Waals surface area (Å²) in [6.45, 7) is 0.534. The van der Waals surface area contributed by atoms with Crippen molar-refractivity contribution in [2.24, 2.45) is 11.5 Å². The fraction of sp³-hybridized carbons (Fsp3) is 0.900. The summed E-state index contributed by atoms with van der Waals surface area (Å²) in [4.78, 5) is 11.1. The van der Waals surface area contributed by atoms with Crippen molar-refractivity contribution in [3.8, 4) is 0 Å². The molecule has 7 heteroatoms. The largest absolute Gasteiger partial charge is 0.480 e. The molecule has 100 valence electrons. The molecular weight excluding hydrogens is 223 g/mol. The number of hydrogen-bond acceptors (Lipinski definition) is 5. The lowest BCUT2D eigenvalue weighted by atomic mass is 9.81. The van der Waals surface area contributed by atoms with E-state index in [4.69, 9.17) is 26.6 Å². The minimum Gasteiger partial charge on any atom is -0.480 e. The Morgan fingerprint density at radius 1 is 1.12 bits per heavy atom. The average molecular weight is 246 g/mol. The highest BCUT2D eigenvalue weighted by Gasteiger charge is 2.32. The van der Waals surface area contributed by atoms with E-state index in [1.807, 2.05) is 0 Å². The second-order valence-corrected chi connectivity index (χ2v) is 4.43. The van der Waals surface area contributed by atoms with Crippen LogP contribution in [0.3, 0.4) is 0 Å². The third-order valence-corrected chi connectivity index (χ3v) is 2.84. The van der Waals surface area contributed by atoms with Crippen LogP contribution in [0.2, 0.25) is 6.32 Å². The van der Waals surface area contributed by atoms with Crippen molar-refractivity contribution in [2.75, 3.05) is 6.54 Å². The highest BCUT2D eigenvalue weighted by atomic mass is 16.4. The topological polar surface area (TPSA) is 130 Å². The first-order valence-electron chi connectivity index (χ1n) is 6.01. The molecule has 0 saturated carbocycles. The Bertz CT molecular complexity index is 228. The molecule has 0 amide bonds. The van der Waals surface area contributed by atoms with Crippen LogP contribution in [0, 0.1) is 0 Å². The summed E-state index contributed by atoms with van der Waals surface area (Å²) in [6, 6.07) is 0. The molecule has 0 bridgehead atoms. The predicted octanol–water partition coefficient (Wildman–Crippen LogP) is -0.459. The van der Waals surface area contributed by atoms with Gasteiger partial charge in [0.25, 0.3) is 0 Å². The van der Waals surface area contributed by atoms with Gasteiger partial charge in [0.2, 0.25) is 0 Å². The third-order valence-electron chi connectivity index (χ3n) is 2.84. The lowest BCUT2D eigenvalue weighted by Crippen LogP contribution is -2.48. The fourth-order valence-corrected chi connectivity index (χ4v) is 1.69. The zero-order valence-corrected chi connectivity index (χ0v) is 10.1. The van der Waals surface area contributed by atoms with E-state index >= 15 is 0 Å². The molecule has 0 radical (unpaired) electrons. The maximum atomic E-state index is 11.1. The number of nitrogens with two attached hydrogens (primary N) is 2. The highest BCUT2D eigenvalue weighted by Crippen LogP contribution is 2.20. The molecule has 0 saturated heterocycles. The van der Waals surface area contributed by atoms with Crippen molar-refractivity contribution in [2.45, 2.75) is 50.4 Å². The first kappa shape index (κ1) is 16.4. The monoisotopic (exact) mass is 246 g/mol. The highest BCUT2D eigenvalue weighted by molar-refractivity contribution is 6.40. The van der Waals surface area contributed by atoms with Gasteiger partial charge in [-0.3, -0.25) is 4.79 Å². The molecule has 0 unspecified atom stereocenters. The molecule has 0 spiro atoms. The number of hydrogen-bond donors (Lipinski definition) is 5. The summed E-state index contributed by atoms with van der Waals surface area (Å²) in [5.74, 6) is -1.00. The van der Waals surface area contributed by atoms with Crippen LogP contribution in [0.5, 0.6) is 0 Å². The first-order valence-corrected chi connectivity index (χ1v) is 6.01. The van der Waals surface area contributed by atoms with Crippen molar-refractivity contribution in [3.05, 3.63) is 0 Å². The Morgan fingerprint density at radius 3 is 2.06 bits per heavy atom. The van der Waals surface area contributed by atoms with Crippen LogP contribution in [0.4, 0.5) is 0 Å². The zero-order chi connectivity index (χ0) is 13.3. The maximum Gasteiger partial charge on any atom is 0.451 e. The summed E-state index contributed by atoms with van der Waals surface area (Å²) in [7, 11) is -1.33. The lowest BCUT2D eigenvalue weighted by Gasteiger charge is -2.24. The molecular formula is C10H23BN2O4. The predicted molar refractivity (Wildman–Crippen MR) is 66.3 cm³/mol. The van der Waals surface area contributed by atoms with Crippen molar-refractivity contribution >= 4 is 13.1 Å². The summed E-state index contributed by atoms with van der Waals surface area (Å²) < 4.78 is 0. The number of carbonyl (C=O) groups is 1. The molecule has 0 rings (SSSR count). The molecule has 0 aliphatic carbocycles. The Balaban J connectivity index is 3.99. The molecule has 0 aliphatic rings. The summed E-state index contributed by atoms with van der Waals surface area (Å²) in [5.41, 5.74) is 9.97. The number of unbranched alkanes of at least 4 members (excludes halogenated alkanes) is 2. The number of carboxylic acids is 1. The minimum atomic E-state index is -1.33. The van der Waals surface area contributed by atoms with Gasteiger partial charge in [0.15, 0.2) is 0 Å². The molecule has 1 atom stereocenters. The molecule has 6 nitrogen and oxygen atoms in total. The lowest BCUT2D eigenvalue weighted by molar-refractivity contribution is -0.144. The number of aliphatic carboxylic acids is 1. The Hall–Kier alpha value is -0.625. The average Bonchev–Trinajstić information content (AvgIpc) is 2.24. The molecule has 0 aromatic rings. The SMILES string of the molecule is NCCCC[C@@](N)(CCCCB(O)O)C(=O)O. The Kier molecular flexibility index (Phi) is 8.15. The molecule has 0 fully saturated rings. The van der Waals surface area contributed by atoms with E-state index in [9.17, 15) is 4.79 Å². The van der Waals surface area contributed by atoms with Gasteiger partial charge in [-0.2, -0.15) is 0 Å². The van der Waals surface area contributed by atoms with Crippen molar-refractivity contribution in [1.29, 1.82) is 0 Å². The quantitative estimate of drug-likeness (QED) is 0.262. The minimum absolute atomic E-state index is 0.249. The Morgan fingerprint density at radius 2 is 1.65 bits per heavy atom. The number of carboxylic acid groups (broad SMARTS) is 1. The first-order chi connectivity index (χ1) is 7.92. The van der Waals surface area contributed by atoms with E-state index in [-0.39, 0.29) is 6.32 Å². The van der Waals surface area contributed by atoms with Crippen molar-refractivity contribution in [3.63, 3.8) is 0 Å². The van der Waals surface area contributed by atoms with E-state index in [0.29, 0.717) is 38.6 Å². The fourth-order valence-electron chi connectivity index (χ4n) is 1.69. The Labute approximate surface area is 102 Å². The third kappa shape index (κ3) is 7.33. The smallest absolute Gasteiger partial charge is 0.451 e. The van der Waals surface area contributed by atoms with Gasteiger partial charge < -0.3 is 26.6 Å². The van der Waals surface area contributed by atoms with Crippen LogP contribution < -0.4 is 11.5 Å². The van der Waals surface area contributed by atoms with E-state index < -0.39 is 18.6 Å². The molecule has 0 aliphatic heterocycles. The molecule has 0 aromatic heterocycles. The van der Waals surface area contributed by atoms with E-state index in [0.717, 1.165) is 6.42 Å². The van der Waals surface area contributed by atoms with Gasteiger partial charge in [-0.15, -0.1) is 0 Å². The van der Waals surface area contributed by atoms with Crippen LogP contribution >= 0.6 is 0 Å². The van der Waals surface area contributed by atoms with Gasteiger partial charge >= 0.3 is 13.1 Å². The molecule has 7 N–H and O–H groups in total. The van der Waals surface area contributed by atoms with Gasteiger partial charge in [0.1, 0.15) is 5.54 Å². The van der Waals surface area contributed by atoms with E-state index in [1.165, 1.54) is 0 Å². The van der Waals surface area contributed by atoms with Gasteiger partial charge in [-0.25, -0.2) is 0 Å². The standard InChI is InChI=1S/C10H23BN2O4/c12-8-4-2-6-10(13,9(14)15)5-1-3-7-11(16)17/h16-17H,1-8,12-13H2,(H,14,15)/t10-/m0/s1. The molecule has 0 aromatic carbocycles. The second kappa shape index (κ2) is 8.46. The van der Waals surface area contributed by atoms with Gasteiger partial charge in [0, 0.05) is 0 Å². The van der Waals surface area contributed by atoms with E-state index in [2.05, 4.69) is 0 Å². The van der Waals surface area contributed by atoms with Crippen LogP contribution in [0.25, 0.3) is 0 Å². The van der Waals surface area contributed by atoms with Crippen LogP contribution in [0.1, 0.15) is 38.5 Å². The number of rotatable bonds is 10. The second-order valence-electron chi connectivity index (χ2n) is 4.43. The van der Waals surface area contributed by atoms with Crippen molar-refractivity contribution < 1.29 is 19.9 Å². The summed E-state index contributed by atoms with van der Waals surface area (Å²) in [5, 5.41) is 26.4. The summed E-state index contributed by atoms with van der Waals surface area (Å²) in [6.07, 6.45) is 3.59. The molecule has 0 heterocycles. The van der Waals surface area contributed by atoms with Crippen molar-refractivity contribution in [1.82, 2.24) is 0 Å². The van der Waals surface area contributed by atoms with Gasteiger partial charge in [0.05, 0.1) is 0 Å².